The fraction of sp³-hybridized carbons (Fsp3) is 0.500. The molecule has 4 heteroatoms. The summed E-state index contributed by atoms with van der Waals surface area (Å²) in [5.74, 6) is -2.36. The van der Waals surface area contributed by atoms with Crippen molar-refractivity contribution in [2.45, 2.75) is 44.6 Å². The molecule has 1 saturated carbocycles. The maximum absolute atomic E-state index is 14.1. The molecule has 0 spiro atoms. The first-order valence-electron chi connectivity index (χ1n) is 7.84. The van der Waals surface area contributed by atoms with Gasteiger partial charge in [-0.3, -0.25) is 5.01 Å². The lowest BCUT2D eigenvalue weighted by atomic mass is 9.91. The van der Waals surface area contributed by atoms with E-state index in [2.05, 4.69) is 18.3 Å². The number of hydrazone groups is 1. The minimum absolute atomic E-state index is 0.0425. The lowest BCUT2D eigenvalue weighted by Gasteiger charge is -2.28. The number of nitrogens with zero attached hydrogens (tertiary/aromatic N) is 2. The molecule has 118 valence electrons. The lowest BCUT2D eigenvalue weighted by Crippen LogP contribution is -2.31. The minimum Gasteiger partial charge on any atom is -0.260 e. The Morgan fingerprint density at radius 3 is 2.68 bits per heavy atom. The van der Waals surface area contributed by atoms with E-state index in [1.54, 1.807) is 0 Å². The van der Waals surface area contributed by atoms with Gasteiger partial charge in [-0.1, -0.05) is 37.5 Å². The molecule has 22 heavy (non-hydrogen) atoms. The molecule has 3 rings (SSSR count). The Labute approximate surface area is 130 Å². The smallest absolute Gasteiger partial charge is 0.260 e. The molecule has 2 nitrogen and oxygen atoms in total. The van der Waals surface area contributed by atoms with Gasteiger partial charge in [-0.25, -0.2) is 0 Å². The van der Waals surface area contributed by atoms with E-state index in [0.717, 1.165) is 30.5 Å². The zero-order valence-electron chi connectivity index (χ0n) is 12.9. The quantitative estimate of drug-likeness (QED) is 0.688. The van der Waals surface area contributed by atoms with Gasteiger partial charge >= 0.3 is 0 Å². The van der Waals surface area contributed by atoms with Gasteiger partial charge in [0.15, 0.2) is 0 Å². The molecule has 0 radical (unpaired) electrons. The van der Waals surface area contributed by atoms with Crippen molar-refractivity contribution in [2.75, 3.05) is 0 Å². The summed E-state index contributed by atoms with van der Waals surface area (Å²) >= 11 is 0. The average Bonchev–Trinajstić information content (AvgIpc) is 3.31. The van der Waals surface area contributed by atoms with Gasteiger partial charge in [0.1, 0.15) is 0 Å². The SMILES string of the molecule is C=C(/C(C)=N/N1C(=C)C(F)(F)CC1C1C=CC=CC1)C1CC1. The van der Waals surface area contributed by atoms with Crippen LogP contribution in [0.2, 0.25) is 0 Å². The third kappa shape index (κ3) is 2.79. The zero-order chi connectivity index (χ0) is 15.9. The van der Waals surface area contributed by atoms with E-state index in [-0.39, 0.29) is 24.1 Å². The molecular weight excluding hydrogens is 282 g/mol. The van der Waals surface area contributed by atoms with Crippen molar-refractivity contribution in [3.8, 4) is 0 Å². The Balaban J connectivity index is 1.85. The molecule has 2 unspecified atom stereocenters. The van der Waals surface area contributed by atoms with E-state index in [4.69, 9.17) is 0 Å². The molecule has 0 bridgehead atoms. The molecule has 2 fully saturated rings. The molecule has 0 aromatic rings. The molecule has 1 aliphatic heterocycles. The van der Waals surface area contributed by atoms with E-state index >= 15 is 0 Å². The summed E-state index contributed by atoms with van der Waals surface area (Å²) in [4.78, 5) is 0. The van der Waals surface area contributed by atoms with Gasteiger partial charge in [0.25, 0.3) is 5.92 Å². The summed E-state index contributed by atoms with van der Waals surface area (Å²) in [5.41, 5.74) is 1.53. The Morgan fingerprint density at radius 1 is 1.36 bits per heavy atom. The minimum atomic E-state index is -2.88. The molecule has 0 aromatic heterocycles. The Hall–Kier alpha value is -1.71. The van der Waals surface area contributed by atoms with Crippen molar-refractivity contribution >= 4 is 5.71 Å². The first-order chi connectivity index (χ1) is 10.4. The molecule has 1 saturated heterocycles. The van der Waals surface area contributed by atoms with Gasteiger partial charge in [0, 0.05) is 12.3 Å². The highest BCUT2D eigenvalue weighted by Crippen LogP contribution is 2.45. The fourth-order valence-electron chi connectivity index (χ4n) is 3.14. The first-order valence-corrected chi connectivity index (χ1v) is 7.84. The summed E-state index contributed by atoms with van der Waals surface area (Å²) in [5, 5.41) is 5.94. The number of halogens is 2. The average molecular weight is 304 g/mol. The van der Waals surface area contributed by atoms with E-state index in [1.165, 1.54) is 5.01 Å². The maximum atomic E-state index is 14.1. The van der Waals surface area contributed by atoms with Crippen LogP contribution in [-0.4, -0.2) is 22.7 Å². The maximum Gasteiger partial charge on any atom is 0.290 e. The zero-order valence-corrected chi connectivity index (χ0v) is 12.9. The Kier molecular flexibility index (Phi) is 3.79. The Bertz CT molecular complexity index is 582. The highest BCUT2D eigenvalue weighted by molar-refractivity contribution is 5.98. The van der Waals surface area contributed by atoms with Crippen LogP contribution in [0, 0.1) is 11.8 Å². The molecule has 0 N–H and O–H groups in total. The monoisotopic (exact) mass is 304 g/mol. The van der Waals surface area contributed by atoms with Crippen molar-refractivity contribution in [1.82, 2.24) is 5.01 Å². The second-order valence-corrected chi connectivity index (χ2v) is 6.46. The van der Waals surface area contributed by atoms with E-state index in [1.807, 2.05) is 31.2 Å². The largest absolute Gasteiger partial charge is 0.290 e. The standard InChI is InChI=1S/C18H22F2N2/c1-12(15-9-10-15)13(2)21-22-14(3)18(19,20)11-17(22)16-7-5-4-6-8-16/h4-7,15-17H,1,3,8-11H2,2H3/b21-13+. The predicted octanol–water partition coefficient (Wildman–Crippen LogP) is 4.68. The van der Waals surface area contributed by atoms with Crippen LogP contribution in [0.15, 0.2) is 53.8 Å². The summed E-state index contributed by atoms with van der Waals surface area (Å²) in [6.07, 6.45) is 10.7. The molecule has 3 aliphatic rings. The van der Waals surface area contributed by atoms with Crippen LogP contribution in [0.1, 0.15) is 32.6 Å². The van der Waals surface area contributed by atoms with E-state index in [0.29, 0.717) is 5.92 Å². The van der Waals surface area contributed by atoms with Crippen LogP contribution in [0.3, 0.4) is 0 Å². The van der Waals surface area contributed by atoms with Gasteiger partial charge < -0.3 is 0 Å². The van der Waals surface area contributed by atoms with Gasteiger partial charge in [-0.2, -0.15) is 13.9 Å². The van der Waals surface area contributed by atoms with Crippen molar-refractivity contribution in [2.24, 2.45) is 16.9 Å². The van der Waals surface area contributed by atoms with Crippen molar-refractivity contribution in [1.29, 1.82) is 0 Å². The Morgan fingerprint density at radius 2 is 2.09 bits per heavy atom. The third-order valence-corrected chi connectivity index (χ3v) is 4.78. The first kappa shape index (κ1) is 15.2. The molecule has 0 aromatic carbocycles. The number of rotatable bonds is 4. The molecule has 0 amide bonds. The van der Waals surface area contributed by atoms with Crippen LogP contribution in [0.4, 0.5) is 8.78 Å². The third-order valence-electron chi connectivity index (χ3n) is 4.78. The van der Waals surface area contributed by atoms with Crippen LogP contribution in [-0.2, 0) is 0 Å². The predicted molar refractivity (Wildman–Crippen MR) is 85.7 cm³/mol. The number of hydrogen-bond donors (Lipinski definition) is 0. The highest BCUT2D eigenvalue weighted by atomic mass is 19.3. The van der Waals surface area contributed by atoms with Crippen LogP contribution in [0.5, 0.6) is 0 Å². The van der Waals surface area contributed by atoms with Gasteiger partial charge in [-0.15, -0.1) is 0 Å². The normalized spacial score (nSPS) is 31.0. The molecule has 1 heterocycles. The second-order valence-electron chi connectivity index (χ2n) is 6.46. The summed E-state index contributed by atoms with van der Waals surface area (Å²) in [6, 6.07) is -0.342. The number of allylic oxidation sites excluding steroid dienone is 5. The van der Waals surface area contributed by atoms with Crippen molar-refractivity contribution in [3.63, 3.8) is 0 Å². The number of alkyl halides is 2. The van der Waals surface area contributed by atoms with Gasteiger partial charge in [0.05, 0.1) is 17.5 Å². The summed E-state index contributed by atoms with van der Waals surface area (Å²) in [6.45, 7) is 9.52. The molecular formula is C18H22F2N2. The summed E-state index contributed by atoms with van der Waals surface area (Å²) < 4.78 is 28.3. The molecule has 2 aliphatic carbocycles. The van der Waals surface area contributed by atoms with Crippen LogP contribution >= 0.6 is 0 Å². The highest BCUT2D eigenvalue weighted by Gasteiger charge is 2.51. The fourth-order valence-corrected chi connectivity index (χ4v) is 3.14. The second kappa shape index (κ2) is 5.49. The lowest BCUT2D eigenvalue weighted by molar-refractivity contribution is 0.0434. The van der Waals surface area contributed by atoms with Crippen LogP contribution < -0.4 is 0 Å². The van der Waals surface area contributed by atoms with Gasteiger partial charge in [0.2, 0.25) is 0 Å². The van der Waals surface area contributed by atoms with Crippen molar-refractivity contribution in [3.05, 3.63) is 48.7 Å². The van der Waals surface area contributed by atoms with E-state index in [9.17, 15) is 8.78 Å². The topological polar surface area (TPSA) is 15.6 Å². The van der Waals surface area contributed by atoms with Gasteiger partial charge in [-0.05, 0) is 37.7 Å². The number of hydrogen-bond acceptors (Lipinski definition) is 2. The van der Waals surface area contributed by atoms with Crippen LogP contribution in [0.25, 0.3) is 0 Å². The molecule has 2 atom stereocenters. The van der Waals surface area contributed by atoms with E-state index < -0.39 is 5.92 Å². The van der Waals surface area contributed by atoms with Crippen molar-refractivity contribution < 1.29 is 8.78 Å². The summed E-state index contributed by atoms with van der Waals surface area (Å²) in [7, 11) is 0.